The molecule has 0 N–H and O–H groups in total. The van der Waals surface area contributed by atoms with Crippen LogP contribution in [0.25, 0.3) is 0 Å². The second kappa shape index (κ2) is 5.54. The van der Waals surface area contributed by atoms with E-state index in [1.54, 1.807) is 4.90 Å². The van der Waals surface area contributed by atoms with E-state index in [1.165, 1.54) is 0 Å². The van der Waals surface area contributed by atoms with E-state index < -0.39 is 11.7 Å². The largest absolute Gasteiger partial charge is 0.443 e. The summed E-state index contributed by atoms with van der Waals surface area (Å²) in [6.45, 7) is 5.98. The highest BCUT2D eigenvalue weighted by Crippen LogP contribution is 2.40. The van der Waals surface area contributed by atoms with Crippen LogP contribution in [0.4, 0.5) is 10.6 Å². The van der Waals surface area contributed by atoms with E-state index in [-0.39, 0.29) is 0 Å². The number of aromatic nitrogens is 2. The van der Waals surface area contributed by atoms with Crippen LogP contribution in [0, 0.1) is 0 Å². The Morgan fingerprint density at radius 2 is 2.05 bits per heavy atom. The summed E-state index contributed by atoms with van der Waals surface area (Å²) in [5.74, 6) is 1.69. The Hall–Kier alpha value is -1.62. The molecule has 1 aliphatic carbocycles. The summed E-state index contributed by atoms with van der Waals surface area (Å²) in [5, 5.41) is 0.437. The summed E-state index contributed by atoms with van der Waals surface area (Å²) in [6.07, 6.45) is 6.29. The van der Waals surface area contributed by atoms with Gasteiger partial charge in [0.1, 0.15) is 22.4 Å². The van der Waals surface area contributed by atoms with Crippen molar-refractivity contribution in [3.8, 4) is 0 Å². The van der Waals surface area contributed by atoms with Gasteiger partial charge in [-0.05, 0) is 40.0 Å². The number of amides is 1. The van der Waals surface area contributed by atoms with Crippen LogP contribution in [0.5, 0.6) is 0 Å². The van der Waals surface area contributed by atoms with E-state index in [4.69, 9.17) is 16.3 Å². The second-order valence-electron chi connectivity index (χ2n) is 6.72. The first-order valence-electron chi connectivity index (χ1n) is 7.57. The van der Waals surface area contributed by atoms with Crippen LogP contribution < -0.4 is 4.90 Å². The van der Waals surface area contributed by atoms with Crippen LogP contribution >= 0.6 is 11.6 Å². The van der Waals surface area contributed by atoms with Gasteiger partial charge in [-0.15, -0.1) is 0 Å². The molecule has 1 saturated carbocycles. The number of hydrogen-bond donors (Lipinski definition) is 0. The van der Waals surface area contributed by atoms with Crippen molar-refractivity contribution in [3.05, 3.63) is 28.7 Å². The van der Waals surface area contributed by atoms with Crippen molar-refractivity contribution in [2.24, 2.45) is 0 Å². The van der Waals surface area contributed by atoms with Gasteiger partial charge in [0.2, 0.25) is 0 Å². The standard InChI is InChI=1S/C16H20ClN3O2/c1-16(2,3)22-15(21)20-9-5-4-6-11-12(17)18-13(10-7-8-10)19-14(11)20/h4-5,10H,6-9H2,1-3H3. The monoisotopic (exact) mass is 321 g/mol. The number of nitrogens with zero attached hydrogens (tertiary/aromatic N) is 3. The fraction of sp³-hybridized carbons (Fsp3) is 0.562. The molecule has 1 aromatic heterocycles. The van der Waals surface area contributed by atoms with Gasteiger partial charge in [-0.25, -0.2) is 14.8 Å². The second-order valence-corrected chi connectivity index (χ2v) is 7.07. The van der Waals surface area contributed by atoms with Crippen molar-refractivity contribution in [2.45, 2.75) is 51.6 Å². The van der Waals surface area contributed by atoms with Crippen LogP contribution in [-0.2, 0) is 11.2 Å². The number of ether oxygens (including phenoxy) is 1. The molecule has 22 heavy (non-hydrogen) atoms. The third kappa shape index (κ3) is 3.24. The van der Waals surface area contributed by atoms with Crippen LogP contribution in [0.2, 0.25) is 5.15 Å². The number of rotatable bonds is 1. The Morgan fingerprint density at radius 3 is 2.68 bits per heavy atom. The van der Waals surface area contributed by atoms with Crippen molar-refractivity contribution < 1.29 is 9.53 Å². The van der Waals surface area contributed by atoms with Crippen molar-refractivity contribution in [3.63, 3.8) is 0 Å². The summed E-state index contributed by atoms with van der Waals surface area (Å²) >= 11 is 6.33. The quantitative estimate of drug-likeness (QED) is 0.582. The fourth-order valence-electron chi connectivity index (χ4n) is 2.33. The van der Waals surface area contributed by atoms with Crippen molar-refractivity contribution >= 4 is 23.5 Å². The molecule has 118 valence electrons. The van der Waals surface area contributed by atoms with Gasteiger partial charge in [0.15, 0.2) is 0 Å². The summed E-state index contributed by atoms with van der Waals surface area (Å²) in [4.78, 5) is 23.1. The molecule has 1 aromatic rings. The highest BCUT2D eigenvalue weighted by Gasteiger charge is 2.32. The molecule has 5 nitrogen and oxygen atoms in total. The topological polar surface area (TPSA) is 55.3 Å². The molecule has 3 rings (SSSR count). The number of carbonyl (C=O) groups excluding carboxylic acids is 1. The maximum atomic E-state index is 12.5. The SMILES string of the molecule is CC(C)(C)OC(=O)N1CC=CCc2c(Cl)nc(C3CC3)nc21. The summed E-state index contributed by atoms with van der Waals surface area (Å²) < 4.78 is 5.50. The van der Waals surface area contributed by atoms with E-state index in [0.29, 0.717) is 29.9 Å². The van der Waals surface area contributed by atoms with Gasteiger partial charge in [0, 0.05) is 18.0 Å². The van der Waals surface area contributed by atoms with Crippen molar-refractivity contribution in [1.29, 1.82) is 0 Å². The van der Waals surface area contributed by atoms with Gasteiger partial charge >= 0.3 is 6.09 Å². The highest BCUT2D eigenvalue weighted by molar-refractivity contribution is 6.30. The lowest BCUT2D eigenvalue weighted by atomic mass is 10.2. The maximum absolute atomic E-state index is 12.5. The zero-order chi connectivity index (χ0) is 15.9. The molecule has 2 aliphatic rings. The first-order chi connectivity index (χ1) is 10.3. The minimum absolute atomic E-state index is 0.375. The Balaban J connectivity index is 1.99. The van der Waals surface area contributed by atoms with Crippen LogP contribution in [0.3, 0.4) is 0 Å². The Labute approximate surface area is 135 Å². The smallest absolute Gasteiger partial charge is 0.416 e. The zero-order valence-electron chi connectivity index (χ0n) is 13.1. The molecule has 2 heterocycles. The average Bonchev–Trinajstić information content (AvgIpc) is 3.23. The molecule has 1 amide bonds. The molecule has 1 fully saturated rings. The number of hydrogen-bond acceptors (Lipinski definition) is 4. The van der Waals surface area contributed by atoms with Crippen LogP contribution in [0.1, 0.15) is 50.9 Å². The normalized spacial score (nSPS) is 17.9. The highest BCUT2D eigenvalue weighted by atomic mass is 35.5. The van der Waals surface area contributed by atoms with E-state index >= 15 is 0 Å². The molecule has 0 spiro atoms. The van der Waals surface area contributed by atoms with Crippen LogP contribution in [0.15, 0.2) is 12.2 Å². The van der Waals surface area contributed by atoms with Crippen molar-refractivity contribution in [2.75, 3.05) is 11.4 Å². The van der Waals surface area contributed by atoms with Gasteiger partial charge in [-0.1, -0.05) is 23.8 Å². The molecule has 0 saturated heterocycles. The molecular formula is C16H20ClN3O2. The van der Waals surface area contributed by atoms with Crippen molar-refractivity contribution in [1.82, 2.24) is 9.97 Å². The Morgan fingerprint density at radius 1 is 1.32 bits per heavy atom. The van der Waals surface area contributed by atoms with Gasteiger partial charge in [0.25, 0.3) is 0 Å². The predicted molar refractivity (Wildman–Crippen MR) is 85.4 cm³/mol. The van der Waals surface area contributed by atoms with Gasteiger partial charge in [-0.3, -0.25) is 4.90 Å². The maximum Gasteiger partial charge on any atom is 0.416 e. The average molecular weight is 322 g/mol. The molecule has 1 aliphatic heterocycles. The molecule has 0 aromatic carbocycles. The van der Waals surface area contributed by atoms with E-state index in [1.807, 2.05) is 32.9 Å². The van der Waals surface area contributed by atoms with E-state index in [9.17, 15) is 4.79 Å². The fourth-order valence-corrected chi connectivity index (χ4v) is 2.58. The summed E-state index contributed by atoms with van der Waals surface area (Å²) in [6, 6.07) is 0. The third-order valence-corrected chi connectivity index (χ3v) is 3.85. The lowest BCUT2D eigenvalue weighted by molar-refractivity contribution is 0.0583. The summed E-state index contributed by atoms with van der Waals surface area (Å²) in [5.41, 5.74) is 0.231. The molecule has 6 heteroatoms. The lowest BCUT2D eigenvalue weighted by Crippen LogP contribution is -2.38. The molecule has 0 radical (unpaired) electrons. The molecule has 0 bridgehead atoms. The molecule has 0 unspecified atom stereocenters. The number of anilines is 1. The third-order valence-electron chi connectivity index (χ3n) is 3.54. The molecular weight excluding hydrogens is 302 g/mol. The first kappa shape index (κ1) is 15.3. The van der Waals surface area contributed by atoms with Gasteiger partial charge in [-0.2, -0.15) is 0 Å². The predicted octanol–water partition coefficient (Wildman–Crippen LogP) is 3.86. The Bertz CT molecular complexity index is 633. The molecule has 0 atom stereocenters. The number of fused-ring (bicyclic) bond motifs is 1. The minimum Gasteiger partial charge on any atom is -0.443 e. The first-order valence-corrected chi connectivity index (χ1v) is 7.95. The van der Waals surface area contributed by atoms with E-state index in [0.717, 1.165) is 24.2 Å². The summed E-state index contributed by atoms with van der Waals surface area (Å²) in [7, 11) is 0. The minimum atomic E-state index is -0.552. The van der Waals surface area contributed by atoms with E-state index in [2.05, 4.69) is 9.97 Å². The van der Waals surface area contributed by atoms with Gasteiger partial charge in [0.05, 0.1) is 0 Å². The number of halogens is 1. The zero-order valence-corrected chi connectivity index (χ0v) is 13.9. The Kier molecular flexibility index (Phi) is 3.85. The van der Waals surface area contributed by atoms with Crippen LogP contribution in [-0.4, -0.2) is 28.2 Å². The number of allylic oxidation sites excluding steroid dienone is 1. The van der Waals surface area contributed by atoms with Gasteiger partial charge < -0.3 is 4.74 Å². The number of carbonyl (C=O) groups is 1. The lowest BCUT2D eigenvalue weighted by Gasteiger charge is -2.26.